The third-order valence-electron chi connectivity index (χ3n) is 6.17. The van der Waals surface area contributed by atoms with Gasteiger partial charge in [0.1, 0.15) is 12.1 Å². The molecule has 0 saturated heterocycles. The molecule has 1 aliphatic carbocycles. The Hall–Kier alpha value is -3.03. The maximum atomic E-state index is 13.1. The number of aryl methyl sites for hydroxylation is 1. The van der Waals surface area contributed by atoms with Gasteiger partial charge in [0.25, 0.3) is 0 Å². The van der Waals surface area contributed by atoms with Gasteiger partial charge in [0.15, 0.2) is 0 Å². The molecule has 0 aliphatic heterocycles. The average Bonchev–Trinajstić information content (AvgIpc) is 3.25. The lowest BCUT2D eigenvalue weighted by Gasteiger charge is -2.35. The van der Waals surface area contributed by atoms with Crippen molar-refractivity contribution in [3.63, 3.8) is 0 Å². The summed E-state index contributed by atoms with van der Waals surface area (Å²) in [6, 6.07) is 16.9. The Morgan fingerprint density at radius 3 is 2.21 bits per heavy atom. The van der Waals surface area contributed by atoms with Crippen LogP contribution in [0.2, 0.25) is 0 Å². The van der Waals surface area contributed by atoms with E-state index in [1.165, 1.54) is 18.1 Å². The molecule has 0 saturated carbocycles. The van der Waals surface area contributed by atoms with Crippen LogP contribution in [0.15, 0.2) is 54.6 Å². The van der Waals surface area contributed by atoms with Crippen molar-refractivity contribution in [3.8, 4) is 0 Å². The van der Waals surface area contributed by atoms with Crippen LogP contribution >= 0.6 is 0 Å². The zero-order valence-electron chi connectivity index (χ0n) is 19.9. The van der Waals surface area contributed by atoms with Crippen LogP contribution in [0.5, 0.6) is 0 Å². The Morgan fingerprint density at radius 1 is 1.00 bits per heavy atom. The highest BCUT2D eigenvalue weighted by molar-refractivity contribution is 5.88. The van der Waals surface area contributed by atoms with Gasteiger partial charge in [-0.25, -0.2) is 4.79 Å². The number of benzene rings is 2. The molecule has 3 rings (SSSR count). The summed E-state index contributed by atoms with van der Waals surface area (Å²) in [5.74, 6) is -1.70. The molecule has 2 aromatic rings. The van der Waals surface area contributed by atoms with E-state index in [1.54, 1.807) is 6.92 Å². The minimum absolute atomic E-state index is 0.0213. The number of hydrogen-bond donors (Lipinski definition) is 1. The third kappa shape index (κ3) is 6.98. The van der Waals surface area contributed by atoms with Gasteiger partial charge < -0.3 is 15.2 Å². The van der Waals surface area contributed by atoms with Gasteiger partial charge in [0.05, 0.1) is 13.0 Å². The van der Waals surface area contributed by atoms with E-state index >= 15 is 0 Å². The predicted molar refractivity (Wildman–Crippen MR) is 129 cm³/mol. The van der Waals surface area contributed by atoms with Gasteiger partial charge in [0.2, 0.25) is 0 Å². The van der Waals surface area contributed by atoms with E-state index in [2.05, 4.69) is 17.0 Å². The summed E-state index contributed by atoms with van der Waals surface area (Å²) in [5, 5.41) is 0. The molecular formula is C27H34N2O5. The standard InChI is InChI=1S/C27H34N2O5/c1-3-33-27(32)24(14-13-20-9-5-4-6-10-20)29(16-15-25(30)34-26(31)19(2)28)23-17-21-11-7-8-12-22(21)18-23/h4-12,19,23-24H,3,13-18,28H2,1-2H3/t19-,24?/m0/s1. The molecule has 0 spiro atoms. The molecule has 0 radical (unpaired) electrons. The molecule has 0 aromatic heterocycles. The lowest BCUT2D eigenvalue weighted by molar-refractivity contribution is -0.161. The van der Waals surface area contributed by atoms with Gasteiger partial charge in [-0.2, -0.15) is 0 Å². The fourth-order valence-electron chi connectivity index (χ4n) is 4.45. The Labute approximate surface area is 201 Å². The van der Waals surface area contributed by atoms with Crippen LogP contribution in [-0.2, 0) is 43.1 Å². The molecule has 1 unspecified atom stereocenters. The first-order chi connectivity index (χ1) is 16.4. The van der Waals surface area contributed by atoms with Crippen molar-refractivity contribution in [1.82, 2.24) is 4.90 Å². The highest BCUT2D eigenvalue weighted by Crippen LogP contribution is 2.28. The number of nitrogens with two attached hydrogens (primary N) is 1. The molecule has 0 amide bonds. The van der Waals surface area contributed by atoms with E-state index < -0.39 is 24.0 Å². The summed E-state index contributed by atoms with van der Waals surface area (Å²) in [4.78, 5) is 39.2. The predicted octanol–water partition coefficient (Wildman–Crippen LogP) is 2.83. The lowest BCUT2D eigenvalue weighted by Crippen LogP contribution is -2.49. The minimum atomic E-state index is -0.873. The van der Waals surface area contributed by atoms with Crippen LogP contribution in [0, 0.1) is 0 Å². The lowest BCUT2D eigenvalue weighted by atomic mass is 10.0. The molecule has 0 bridgehead atoms. The maximum Gasteiger partial charge on any atom is 0.330 e. The molecule has 34 heavy (non-hydrogen) atoms. The van der Waals surface area contributed by atoms with Crippen LogP contribution in [0.4, 0.5) is 0 Å². The van der Waals surface area contributed by atoms with Gasteiger partial charge in [0, 0.05) is 12.6 Å². The summed E-state index contributed by atoms with van der Waals surface area (Å²) < 4.78 is 10.3. The summed E-state index contributed by atoms with van der Waals surface area (Å²) in [6.07, 6.45) is 2.81. The smallest absolute Gasteiger partial charge is 0.330 e. The van der Waals surface area contributed by atoms with Crippen molar-refractivity contribution in [2.45, 2.75) is 64.1 Å². The van der Waals surface area contributed by atoms with Crippen molar-refractivity contribution in [2.75, 3.05) is 13.2 Å². The van der Waals surface area contributed by atoms with E-state index in [0.717, 1.165) is 18.4 Å². The van der Waals surface area contributed by atoms with E-state index in [1.807, 2.05) is 42.5 Å². The SMILES string of the molecule is CCOC(=O)C(CCc1ccccc1)N(CCC(=O)OC(=O)[C@H](C)N)C1Cc2ccccc2C1. The molecule has 2 N–H and O–H groups in total. The van der Waals surface area contributed by atoms with Gasteiger partial charge >= 0.3 is 17.9 Å². The quantitative estimate of drug-likeness (QED) is 0.402. The topological polar surface area (TPSA) is 98.9 Å². The number of rotatable bonds is 11. The fraction of sp³-hybridized carbons (Fsp3) is 0.444. The van der Waals surface area contributed by atoms with E-state index in [-0.39, 0.29) is 31.6 Å². The Bertz CT molecular complexity index is 951. The van der Waals surface area contributed by atoms with Crippen LogP contribution in [0.25, 0.3) is 0 Å². The van der Waals surface area contributed by atoms with Crippen molar-refractivity contribution in [2.24, 2.45) is 5.73 Å². The number of esters is 3. The third-order valence-corrected chi connectivity index (χ3v) is 6.17. The summed E-state index contributed by atoms with van der Waals surface area (Å²) in [7, 11) is 0. The number of nitrogens with zero attached hydrogens (tertiary/aromatic N) is 1. The Kier molecular flexibility index (Phi) is 9.36. The summed E-state index contributed by atoms with van der Waals surface area (Å²) in [5.41, 5.74) is 9.14. The normalized spacial score (nSPS) is 14.9. The molecule has 182 valence electrons. The molecule has 2 atom stereocenters. The van der Waals surface area contributed by atoms with Gasteiger partial charge in [-0.05, 0) is 56.2 Å². The molecule has 1 aliphatic rings. The Morgan fingerprint density at radius 2 is 1.62 bits per heavy atom. The van der Waals surface area contributed by atoms with E-state index in [0.29, 0.717) is 12.8 Å². The number of carbonyl (C=O) groups is 3. The molecule has 0 fully saturated rings. The number of ether oxygens (including phenoxy) is 2. The van der Waals surface area contributed by atoms with Crippen molar-refractivity contribution >= 4 is 17.9 Å². The highest BCUT2D eigenvalue weighted by Gasteiger charge is 2.36. The number of fused-ring (bicyclic) bond motifs is 1. The summed E-state index contributed by atoms with van der Waals surface area (Å²) >= 11 is 0. The second-order valence-corrected chi connectivity index (χ2v) is 8.69. The first kappa shape index (κ1) is 25.6. The maximum absolute atomic E-state index is 13.1. The average molecular weight is 467 g/mol. The first-order valence-corrected chi connectivity index (χ1v) is 11.9. The van der Waals surface area contributed by atoms with E-state index in [4.69, 9.17) is 15.2 Å². The van der Waals surface area contributed by atoms with Crippen LogP contribution in [0.3, 0.4) is 0 Å². The van der Waals surface area contributed by atoms with Crippen LogP contribution in [0.1, 0.15) is 43.4 Å². The first-order valence-electron chi connectivity index (χ1n) is 11.9. The Balaban J connectivity index is 1.79. The van der Waals surface area contributed by atoms with Gasteiger partial charge in [-0.15, -0.1) is 0 Å². The zero-order chi connectivity index (χ0) is 24.5. The van der Waals surface area contributed by atoms with Crippen LogP contribution in [-0.4, -0.2) is 54.1 Å². The zero-order valence-corrected chi connectivity index (χ0v) is 19.9. The van der Waals surface area contributed by atoms with Crippen molar-refractivity contribution in [1.29, 1.82) is 0 Å². The molecule has 7 heteroatoms. The second-order valence-electron chi connectivity index (χ2n) is 8.69. The molecule has 2 aromatic carbocycles. The summed E-state index contributed by atoms with van der Waals surface area (Å²) in [6.45, 7) is 3.82. The molecule has 0 heterocycles. The van der Waals surface area contributed by atoms with Crippen LogP contribution < -0.4 is 5.73 Å². The van der Waals surface area contributed by atoms with Gasteiger partial charge in [-0.3, -0.25) is 14.5 Å². The monoisotopic (exact) mass is 466 g/mol. The van der Waals surface area contributed by atoms with Gasteiger partial charge in [-0.1, -0.05) is 54.6 Å². The number of hydrogen-bond acceptors (Lipinski definition) is 7. The largest absolute Gasteiger partial charge is 0.465 e. The highest BCUT2D eigenvalue weighted by atomic mass is 16.6. The molecule has 7 nitrogen and oxygen atoms in total. The van der Waals surface area contributed by atoms with Crippen molar-refractivity contribution < 1.29 is 23.9 Å². The fourth-order valence-corrected chi connectivity index (χ4v) is 4.45. The second kappa shape index (κ2) is 12.4. The minimum Gasteiger partial charge on any atom is -0.465 e. The molecular weight excluding hydrogens is 432 g/mol. The number of carbonyl (C=O) groups excluding carboxylic acids is 3. The van der Waals surface area contributed by atoms with Crippen molar-refractivity contribution in [3.05, 3.63) is 71.3 Å². The van der Waals surface area contributed by atoms with E-state index in [9.17, 15) is 14.4 Å².